The summed E-state index contributed by atoms with van der Waals surface area (Å²) in [5.41, 5.74) is 0.928. The van der Waals surface area contributed by atoms with Gasteiger partial charge in [-0.15, -0.1) is 0 Å². The van der Waals surface area contributed by atoms with Gasteiger partial charge in [0, 0.05) is 11.1 Å². The third-order valence-electron chi connectivity index (χ3n) is 3.39. The van der Waals surface area contributed by atoms with Gasteiger partial charge in [0.1, 0.15) is 5.76 Å². The highest BCUT2D eigenvalue weighted by atomic mass is 35.5. The van der Waals surface area contributed by atoms with Gasteiger partial charge in [-0.05, 0) is 43.2 Å². The molecule has 1 heterocycles. The number of anilines is 1. The zero-order valence-corrected chi connectivity index (χ0v) is 11.5. The fourth-order valence-corrected chi connectivity index (χ4v) is 2.46. The molecule has 0 aliphatic heterocycles. The predicted molar refractivity (Wildman–Crippen MR) is 76.3 cm³/mol. The van der Waals surface area contributed by atoms with Crippen LogP contribution < -0.4 is 4.90 Å². The van der Waals surface area contributed by atoms with Crippen LogP contribution in [0.2, 0.25) is 5.02 Å². The second-order valence-electron chi connectivity index (χ2n) is 4.91. The molecule has 0 radical (unpaired) electrons. The lowest BCUT2D eigenvalue weighted by Gasteiger charge is -2.25. The highest BCUT2D eigenvalue weighted by Crippen LogP contribution is 2.36. The molecular weight excluding hydrogens is 278 g/mol. The van der Waals surface area contributed by atoms with E-state index in [0.29, 0.717) is 23.3 Å². The van der Waals surface area contributed by atoms with E-state index in [1.807, 2.05) is 12.1 Å². The molecule has 2 aromatic rings. The summed E-state index contributed by atoms with van der Waals surface area (Å²) >= 11 is 6.03. The molecular formula is C15H14ClNO3. The summed E-state index contributed by atoms with van der Waals surface area (Å²) in [5.74, 6) is -0.130. The van der Waals surface area contributed by atoms with Crippen molar-refractivity contribution in [2.75, 3.05) is 4.90 Å². The Hall–Kier alpha value is -1.94. The Balaban J connectivity index is 1.98. The molecule has 1 aliphatic rings. The Morgan fingerprint density at radius 1 is 1.40 bits per heavy atom. The Labute approximate surface area is 121 Å². The molecule has 0 saturated heterocycles. The average molecular weight is 292 g/mol. The minimum Gasteiger partial charge on any atom is -0.478 e. The van der Waals surface area contributed by atoms with Crippen molar-refractivity contribution in [3.05, 3.63) is 52.9 Å². The number of carboxylic acids is 1. The molecule has 1 aromatic heterocycles. The van der Waals surface area contributed by atoms with Crippen LogP contribution in [-0.4, -0.2) is 17.1 Å². The molecule has 4 nitrogen and oxygen atoms in total. The van der Waals surface area contributed by atoms with Gasteiger partial charge in [0.15, 0.2) is 0 Å². The van der Waals surface area contributed by atoms with Crippen molar-refractivity contribution >= 4 is 23.3 Å². The normalized spacial score (nSPS) is 14.2. The molecule has 0 bridgehead atoms. The van der Waals surface area contributed by atoms with Gasteiger partial charge in [-0.2, -0.15) is 0 Å². The van der Waals surface area contributed by atoms with Crippen LogP contribution in [0, 0.1) is 0 Å². The Morgan fingerprint density at radius 2 is 2.20 bits per heavy atom. The highest BCUT2D eigenvalue weighted by molar-refractivity contribution is 6.31. The number of aromatic carboxylic acids is 1. The fraction of sp³-hybridized carbons (Fsp3) is 0.267. The van der Waals surface area contributed by atoms with Crippen LogP contribution in [0.1, 0.15) is 29.0 Å². The molecule has 1 N–H and O–H groups in total. The minimum absolute atomic E-state index is 0.271. The van der Waals surface area contributed by atoms with Crippen molar-refractivity contribution in [3.8, 4) is 0 Å². The number of nitrogens with zero attached hydrogens (tertiary/aromatic N) is 1. The number of benzene rings is 1. The van der Waals surface area contributed by atoms with Gasteiger partial charge in [-0.1, -0.05) is 11.6 Å². The highest BCUT2D eigenvalue weighted by Gasteiger charge is 2.32. The molecule has 1 fully saturated rings. The maximum Gasteiger partial charge on any atom is 0.337 e. The number of halogens is 1. The molecule has 1 aromatic carbocycles. The van der Waals surface area contributed by atoms with E-state index in [1.54, 1.807) is 24.5 Å². The van der Waals surface area contributed by atoms with Gasteiger partial charge in [0.25, 0.3) is 0 Å². The number of furan rings is 1. The van der Waals surface area contributed by atoms with E-state index in [0.717, 1.165) is 18.6 Å². The number of carbonyl (C=O) groups is 1. The van der Waals surface area contributed by atoms with E-state index in [4.69, 9.17) is 16.0 Å². The Morgan fingerprint density at radius 3 is 2.80 bits per heavy atom. The van der Waals surface area contributed by atoms with Crippen LogP contribution in [-0.2, 0) is 6.54 Å². The Kier molecular flexibility index (Phi) is 3.40. The molecule has 0 unspecified atom stereocenters. The predicted octanol–water partition coefficient (Wildman–Crippen LogP) is 3.80. The van der Waals surface area contributed by atoms with E-state index in [1.165, 1.54) is 0 Å². The first kappa shape index (κ1) is 13.1. The molecule has 1 aliphatic carbocycles. The number of carboxylic acid groups (broad SMARTS) is 1. The third-order valence-corrected chi connectivity index (χ3v) is 3.63. The monoisotopic (exact) mass is 291 g/mol. The summed E-state index contributed by atoms with van der Waals surface area (Å²) in [7, 11) is 0. The quantitative estimate of drug-likeness (QED) is 0.910. The second-order valence-corrected chi connectivity index (χ2v) is 5.34. The van der Waals surface area contributed by atoms with Crippen molar-refractivity contribution in [2.24, 2.45) is 0 Å². The topological polar surface area (TPSA) is 53.7 Å². The Bertz CT molecular complexity index is 620. The summed E-state index contributed by atoms with van der Waals surface area (Å²) in [6, 6.07) is 8.95. The molecule has 0 spiro atoms. The van der Waals surface area contributed by atoms with Crippen molar-refractivity contribution in [1.82, 2.24) is 0 Å². The zero-order chi connectivity index (χ0) is 14.1. The van der Waals surface area contributed by atoms with Crippen molar-refractivity contribution in [1.29, 1.82) is 0 Å². The van der Waals surface area contributed by atoms with Gasteiger partial charge in [-0.3, -0.25) is 0 Å². The standard InChI is InChI=1S/C15H14ClNO3/c16-10-3-6-13(15(18)19)14(8-10)17(11-4-5-11)9-12-2-1-7-20-12/h1-3,6-8,11H,4-5,9H2,(H,18,19). The van der Waals surface area contributed by atoms with Crippen LogP contribution in [0.3, 0.4) is 0 Å². The van der Waals surface area contributed by atoms with E-state index < -0.39 is 5.97 Å². The summed E-state index contributed by atoms with van der Waals surface area (Å²) in [6.45, 7) is 0.554. The summed E-state index contributed by atoms with van der Waals surface area (Å²) in [4.78, 5) is 13.5. The van der Waals surface area contributed by atoms with Crippen LogP contribution in [0.15, 0.2) is 41.0 Å². The molecule has 0 atom stereocenters. The lowest BCUT2D eigenvalue weighted by molar-refractivity contribution is 0.0697. The average Bonchev–Trinajstić information content (AvgIpc) is 3.12. The smallest absolute Gasteiger partial charge is 0.337 e. The van der Waals surface area contributed by atoms with Crippen LogP contribution in [0.4, 0.5) is 5.69 Å². The largest absolute Gasteiger partial charge is 0.478 e. The van der Waals surface area contributed by atoms with E-state index in [-0.39, 0.29) is 5.56 Å². The van der Waals surface area contributed by atoms with Gasteiger partial charge < -0.3 is 14.4 Å². The van der Waals surface area contributed by atoms with E-state index in [9.17, 15) is 9.90 Å². The van der Waals surface area contributed by atoms with Crippen LogP contribution in [0.25, 0.3) is 0 Å². The first-order valence-corrected chi connectivity index (χ1v) is 6.85. The molecule has 3 rings (SSSR count). The van der Waals surface area contributed by atoms with Crippen molar-refractivity contribution < 1.29 is 14.3 Å². The number of hydrogen-bond donors (Lipinski definition) is 1. The SMILES string of the molecule is O=C(O)c1ccc(Cl)cc1N(Cc1ccco1)C1CC1. The number of rotatable bonds is 5. The van der Waals surface area contributed by atoms with Gasteiger partial charge in [0.2, 0.25) is 0 Å². The van der Waals surface area contributed by atoms with Gasteiger partial charge in [-0.25, -0.2) is 4.79 Å². The van der Waals surface area contributed by atoms with E-state index >= 15 is 0 Å². The van der Waals surface area contributed by atoms with Crippen molar-refractivity contribution in [2.45, 2.75) is 25.4 Å². The lowest BCUT2D eigenvalue weighted by atomic mass is 10.1. The molecule has 1 saturated carbocycles. The van der Waals surface area contributed by atoms with Crippen LogP contribution >= 0.6 is 11.6 Å². The minimum atomic E-state index is -0.943. The van der Waals surface area contributed by atoms with Crippen molar-refractivity contribution in [3.63, 3.8) is 0 Å². The molecule has 104 valence electrons. The van der Waals surface area contributed by atoms with Gasteiger partial charge >= 0.3 is 5.97 Å². The maximum absolute atomic E-state index is 11.4. The summed E-state index contributed by atoms with van der Waals surface area (Å²) in [5, 5.41) is 9.88. The van der Waals surface area contributed by atoms with Gasteiger partial charge in [0.05, 0.1) is 24.1 Å². The first-order valence-electron chi connectivity index (χ1n) is 6.47. The summed E-state index contributed by atoms with van der Waals surface area (Å²) in [6.07, 6.45) is 3.75. The number of hydrogen-bond acceptors (Lipinski definition) is 3. The molecule has 20 heavy (non-hydrogen) atoms. The van der Waals surface area contributed by atoms with Crippen LogP contribution in [0.5, 0.6) is 0 Å². The third kappa shape index (κ3) is 2.65. The molecule has 5 heteroatoms. The lowest BCUT2D eigenvalue weighted by Crippen LogP contribution is -2.26. The first-order chi connectivity index (χ1) is 9.65. The second kappa shape index (κ2) is 5.21. The summed E-state index contributed by atoms with van der Waals surface area (Å²) < 4.78 is 5.37. The zero-order valence-electron chi connectivity index (χ0n) is 10.8. The van der Waals surface area contributed by atoms with E-state index in [2.05, 4.69) is 4.90 Å². The molecule has 0 amide bonds. The fourth-order valence-electron chi connectivity index (χ4n) is 2.29. The maximum atomic E-state index is 11.4.